The molecule has 1 N–H and O–H groups in total. The molecule has 0 atom stereocenters. The molecule has 130 valence electrons. The first-order valence-electron chi connectivity index (χ1n) is 8.82. The highest BCUT2D eigenvalue weighted by Crippen LogP contribution is 2.38. The molecule has 4 rings (SSSR count). The smallest absolute Gasteiger partial charge is 0.246 e. The number of para-hydroxylation sites is 1. The number of carbonyl (C=O) groups excluding carboxylic acids is 1. The monoisotopic (exact) mass is 338 g/mol. The average molecular weight is 338 g/mol. The molecule has 0 saturated heterocycles. The fourth-order valence-electron chi connectivity index (χ4n) is 3.09. The first-order chi connectivity index (χ1) is 12.2. The fraction of sp³-hybridized carbons (Fsp3) is 0.421. The van der Waals surface area contributed by atoms with Gasteiger partial charge in [-0.25, -0.2) is 0 Å². The Morgan fingerprint density at radius 3 is 3.04 bits per heavy atom. The van der Waals surface area contributed by atoms with Gasteiger partial charge in [0.25, 0.3) is 0 Å². The van der Waals surface area contributed by atoms with Crippen molar-refractivity contribution in [3.63, 3.8) is 0 Å². The van der Waals surface area contributed by atoms with Gasteiger partial charge in [-0.3, -0.25) is 4.79 Å². The molecule has 2 aromatic heterocycles. The molecule has 1 aliphatic rings. The SMILES string of the molecule is CN(Cc1nc(C2CC2)no1)C(=O)CCCc1c[nH]c2ccccc12. The van der Waals surface area contributed by atoms with Gasteiger partial charge < -0.3 is 14.4 Å². The minimum absolute atomic E-state index is 0.103. The molecule has 25 heavy (non-hydrogen) atoms. The van der Waals surface area contributed by atoms with Crippen molar-refractivity contribution in [3.8, 4) is 0 Å². The first kappa shape index (κ1) is 15.9. The second-order valence-corrected chi connectivity index (χ2v) is 6.78. The lowest BCUT2D eigenvalue weighted by Crippen LogP contribution is -2.26. The molecule has 0 spiro atoms. The molecule has 0 radical (unpaired) electrons. The van der Waals surface area contributed by atoms with E-state index in [9.17, 15) is 4.79 Å². The molecule has 2 heterocycles. The Morgan fingerprint density at radius 1 is 1.36 bits per heavy atom. The zero-order chi connectivity index (χ0) is 17.2. The lowest BCUT2D eigenvalue weighted by Gasteiger charge is -2.14. The number of nitrogens with one attached hydrogen (secondary N) is 1. The van der Waals surface area contributed by atoms with Gasteiger partial charge in [-0.05, 0) is 37.3 Å². The van der Waals surface area contributed by atoms with Crippen LogP contribution >= 0.6 is 0 Å². The molecule has 0 aliphatic heterocycles. The number of hydrogen-bond donors (Lipinski definition) is 1. The van der Waals surface area contributed by atoms with Gasteiger partial charge in [0.05, 0.1) is 6.54 Å². The summed E-state index contributed by atoms with van der Waals surface area (Å²) in [5, 5.41) is 5.23. The standard InChI is InChI=1S/C19H22N4O2/c1-23(12-17-21-19(22-25-17)13-9-10-13)18(24)8-4-5-14-11-20-16-7-3-2-6-15(14)16/h2-3,6-7,11,13,20H,4-5,8-10,12H2,1H3. The van der Waals surface area contributed by atoms with Crippen LogP contribution in [0.15, 0.2) is 35.0 Å². The van der Waals surface area contributed by atoms with Crippen molar-refractivity contribution >= 4 is 16.8 Å². The molecule has 3 aromatic rings. The number of aromatic nitrogens is 3. The number of amides is 1. The van der Waals surface area contributed by atoms with Crippen LogP contribution in [0.2, 0.25) is 0 Å². The number of benzene rings is 1. The molecule has 6 heteroatoms. The van der Waals surface area contributed by atoms with Crippen LogP contribution in [-0.4, -0.2) is 33.0 Å². The van der Waals surface area contributed by atoms with Gasteiger partial charge in [0.1, 0.15) is 0 Å². The van der Waals surface area contributed by atoms with Gasteiger partial charge in [-0.15, -0.1) is 0 Å². The van der Waals surface area contributed by atoms with Crippen LogP contribution in [0, 0.1) is 0 Å². The van der Waals surface area contributed by atoms with E-state index in [0.29, 0.717) is 24.8 Å². The largest absolute Gasteiger partial charge is 0.361 e. The van der Waals surface area contributed by atoms with Crippen molar-refractivity contribution in [1.82, 2.24) is 20.0 Å². The Kier molecular flexibility index (Phi) is 4.26. The van der Waals surface area contributed by atoms with Crippen molar-refractivity contribution in [2.45, 2.75) is 44.6 Å². The van der Waals surface area contributed by atoms with E-state index >= 15 is 0 Å². The highest BCUT2D eigenvalue weighted by molar-refractivity contribution is 5.83. The summed E-state index contributed by atoms with van der Waals surface area (Å²) >= 11 is 0. The molecule has 1 fully saturated rings. The predicted molar refractivity (Wildman–Crippen MR) is 94.0 cm³/mol. The van der Waals surface area contributed by atoms with Crippen molar-refractivity contribution in [2.75, 3.05) is 7.05 Å². The third-order valence-corrected chi connectivity index (χ3v) is 4.74. The maximum atomic E-state index is 12.3. The topological polar surface area (TPSA) is 75.0 Å². The molecular weight excluding hydrogens is 316 g/mol. The van der Waals surface area contributed by atoms with Gasteiger partial charge >= 0.3 is 0 Å². The molecular formula is C19H22N4O2. The number of hydrogen-bond acceptors (Lipinski definition) is 4. The van der Waals surface area contributed by atoms with Crippen LogP contribution in [0.4, 0.5) is 0 Å². The first-order valence-corrected chi connectivity index (χ1v) is 8.82. The molecule has 1 amide bonds. The van der Waals surface area contributed by atoms with E-state index in [-0.39, 0.29) is 5.91 Å². The van der Waals surface area contributed by atoms with E-state index < -0.39 is 0 Å². The summed E-state index contributed by atoms with van der Waals surface area (Å²) in [7, 11) is 1.79. The maximum absolute atomic E-state index is 12.3. The van der Waals surface area contributed by atoms with E-state index in [4.69, 9.17) is 4.52 Å². The number of aromatic amines is 1. The summed E-state index contributed by atoms with van der Waals surface area (Å²) < 4.78 is 5.24. The summed E-state index contributed by atoms with van der Waals surface area (Å²) in [6.45, 7) is 0.381. The number of carbonyl (C=O) groups is 1. The van der Waals surface area contributed by atoms with Gasteiger partial charge in [0.2, 0.25) is 11.8 Å². The number of aryl methyl sites for hydroxylation is 1. The lowest BCUT2D eigenvalue weighted by molar-refractivity contribution is -0.130. The highest BCUT2D eigenvalue weighted by atomic mass is 16.5. The molecule has 1 aromatic carbocycles. The quantitative estimate of drug-likeness (QED) is 0.716. The molecule has 1 saturated carbocycles. The third kappa shape index (κ3) is 3.57. The molecule has 0 bridgehead atoms. The summed E-state index contributed by atoms with van der Waals surface area (Å²) in [4.78, 5) is 21.6. The van der Waals surface area contributed by atoms with E-state index in [1.54, 1.807) is 11.9 Å². The Balaban J connectivity index is 1.27. The lowest BCUT2D eigenvalue weighted by atomic mass is 10.1. The zero-order valence-electron chi connectivity index (χ0n) is 14.4. The Morgan fingerprint density at radius 2 is 2.20 bits per heavy atom. The Labute approximate surface area is 146 Å². The third-order valence-electron chi connectivity index (χ3n) is 4.74. The van der Waals surface area contributed by atoms with E-state index in [0.717, 1.165) is 37.0 Å². The van der Waals surface area contributed by atoms with Crippen molar-refractivity contribution in [3.05, 3.63) is 47.7 Å². The number of nitrogens with zero attached hydrogens (tertiary/aromatic N) is 3. The average Bonchev–Trinajstić information content (AvgIpc) is 3.24. The zero-order valence-corrected chi connectivity index (χ0v) is 14.4. The minimum atomic E-state index is 0.103. The fourth-order valence-corrected chi connectivity index (χ4v) is 3.09. The Hall–Kier alpha value is -2.63. The molecule has 1 aliphatic carbocycles. The van der Waals surface area contributed by atoms with Gasteiger partial charge in [0, 0.05) is 36.5 Å². The van der Waals surface area contributed by atoms with Crippen molar-refractivity contribution in [1.29, 1.82) is 0 Å². The maximum Gasteiger partial charge on any atom is 0.246 e. The number of H-pyrrole nitrogens is 1. The Bertz CT molecular complexity index is 878. The summed E-state index contributed by atoms with van der Waals surface area (Å²) in [6, 6.07) is 8.24. The van der Waals surface area contributed by atoms with Gasteiger partial charge in [-0.1, -0.05) is 23.4 Å². The summed E-state index contributed by atoms with van der Waals surface area (Å²) in [5.41, 5.74) is 2.40. The van der Waals surface area contributed by atoms with Crippen LogP contribution in [0.25, 0.3) is 10.9 Å². The molecule has 0 unspecified atom stereocenters. The van der Waals surface area contributed by atoms with Crippen molar-refractivity contribution < 1.29 is 9.32 Å². The number of rotatable bonds is 7. The van der Waals surface area contributed by atoms with E-state index in [1.807, 2.05) is 18.3 Å². The second-order valence-electron chi connectivity index (χ2n) is 6.78. The highest BCUT2D eigenvalue weighted by Gasteiger charge is 2.29. The van der Waals surface area contributed by atoms with E-state index in [2.05, 4.69) is 27.3 Å². The van der Waals surface area contributed by atoms with Gasteiger partial charge in [0.15, 0.2) is 5.82 Å². The summed E-state index contributed by atoms with van der Waals surface area (Å²) in [6.07, 6.45) is 6.54. The normalized spacial score (nSPS) is 14.1. The van der Waals surface area contributed by atoms with Crippen LogP contribution in [-0.2, 0) is 17.8 Å². The van der Waals surface area contributed by atoms with Crippen LogP contribution in [0.3, 0.4) is 0 Å². The van der Waals surface area contributed by atoms with Crippen molar-refractivity contribution in [2.24, 2.45) is 0 Å². The van der Waals surface area contributed by atoms with E-state index in [1.165, 1.54) is 10.9 Å². The van der Waals surface area contributed by atoms with Gasteiger partial charge in [-0.2, -0.15) is 4.98 Å². The van der Waals surface area contributed by atoms with Crippen LogP contribution in [0.5, 0.6) is 0 Å². The van der Waals surface area contributed by atoms with Crippen LogP contribution < -0.4 is 0 Å². The number of fused-ring (bicyclic) bond motifs is 1. The predicted octanol–water partition coefficient (Wildman–Crippen LogP) is 3.41. The molecule has 6 nitrogen and oxygen atoms in total. The summed E-state index contributed by atoms with van der Waals surface area (Å²) in [5.74, 6) is 1.88. The minimum Gasteiger partial charge on any atom is -0.361 e. The second kappa shape index (κ2) is 6.70. The van der Waals surface area contributed by atoms with Crippen LogP contribution in [0.1, 0.15) is 48.9 Å².